The van der Waals surface area contributed by atoms with Crippen molar-refractivity contribution in [3.63, 3.8) is 0 Å². The summed E-state index contributed by atoms with van der Waals surface area (Å²) in [6, 6.07) is 12.9. The van der Waals surface area contributed by atoms with Crippen LogP contribution in [0.2, 0.25) is 0 Å². The Morgan fingerprint density at radius 1 is 1.00 bits per heavy atom. The van der Waals surface area contributed by atoms with Gasteiger partial charge >= 0.3 is 0 Å². The maximum absolute atomic E-state index is 14.4. The van der Waals surface area contributed by atoms with Gasteiger partial charge in [-0.25, -0.2) is 4.39 Å². The predicted molar refractivity (Wildman–Crippen MR) is 85.7 cm³/mol. The fourth-order valence-electron chi connectivity index (χ4n) is 3.31. The van der Waals surface area contributed by atoms with Crippen molar-refractivity contribution in [3.05, 3.63) is 60.1 Å². The molecule has 0 saturated heterocycles. The highest BCUT2D eigenvalue weighted by Crippen LogP contribution is 2.44. The molecular formula is C19H15FO2. The van der Waals surface area contributed by atoms with Crippen LogP contribution in [0.4, 0.5) is 4.39 Å². The van der Waals surface area contributed by atoms with E-state index >= 15 is 0 Å². The molecule has 2 aromatic carbocycles. The summed E-state index contributed by atoms with van der Waals surface area (Å²) >= 11 is 0. The molecule has 0 spiro atoms. The van der Waals surface area contributed by atoms with Gasteiger partial charge in [-0.3, -0.25) is 0 Å². The van der Waals surface area contributed by atoms with Crippen molar-refractivity contribution in [2.45, 2.75) is 12.8 Å². The van der Waals surface area contributed by atoms with Gasteiger partial charge in [-0.15, -0.1) is 0 Å². The highest BCUT2D eigenvalue weighted by Gasteiger charge is 2.22. The van der Waals surface area contributed by atoms with Gasteiger partial charge in [-0.2, -0.15) is 0 Å². The molecule has 110 valence electrons. The van der Waals surface area contributed by atoms with Gasteiger partial charge in [-0.05, 0) is 35.9 Å². The van der Waals surface area contributed by atoms with Crippen LogP contribution in [0.1, 0.15) is 12.0 Å². The molecule has 0 saturated carbocycles. The van der Waals surface area contributed by atoms with Crippen LogP contribution >= 0.6 is 0 Å². The molecule has 2 aliphatic rings. The molecule has 0 amide bonds. The van der Waals surface area contributed by atoms with Gasteiger partial charge in [0.05, 0.1) is 6.26 Å². The summed E-state index contributed by atoms with van der Waals surface area (Å²) in [6.07, 6.45) is 2.97. The summed E-state index contributed by atoms with van der Waals surface area (Å²) in [6.45, 7) is 0.0950. The highest BCUT2D eigenvalue weighted by atomic mass is 19.1. The number of halogens is 1. The second kappa shape index (κ2) is 5.11. The zero-order valence-electron chi connectivity index (χ0n) is 12.0. The van der Waals surface area contributed by atoms with Crippen molar-refractivity contribution in [1.82, 2.24) is 0 Å². The molecule has 0 bridgehead atoms. The molecule has 0 unspecified atom stereocenters. The number of hydrogen-bond acceptors (Lipinski definition) is 2. The minimum Gasteiger partial charge on any atom is -0.464 e. The van der Waals surface area contributed by atoms with Gasteiger partial charge in [0, 0.05) is 28.5 Å². The van der Waals surface area contributed by atoms with Crippen molar-refractivity contribution in [2.24, 2.45) is 0 Å². The van der Waals surface area contributed by atoms with Crippen molar-refractivity contribution in [3.8, 4) is 11.1 Å². The lowest BCUT2D eigenvalue weighted by molar-refractivity contribution is 0.289. The number of hydrogen-bond donors (Lipinski definition) is 1. The number of aliphatic hydroxyl groups is 1. The summed E-state index contributed by atoms with van der Waals surface area (Å²) in [5, 5.41) is 11.7. The molecule has 1 aliphatic carbocycles. The van der Waals surface area contributed by atoms with Crippen molar-refractivity contribution in [1.29, 1.82) is 0 Å². The summed E-state index contributed by atoms with van der Waals surface area (Å²) in [7, 11) is 0. The summed E-state index contributed by atoms with van der Waals surface area (Å²) in [5.41, 5.74) is 3.72. The lowest BCUT2D eigenvalue weighted by Gasteiger charge is -2.08. The van der Waals surface area contributed by atoms with Gasteiger partial charge in [0.2, 0.25) is 0 Å². The first kappa shape index (κ1) is 13.3. The van der Waals surface area contributed by atoms with E-state index in [1.165, 1.54) is 6.07 Å². The molecule has 0 aromatic heterocycles. The van der Waals surface area contributed by atoms with E-state index in [0.717, 1.165) is 33.0 Å². The van der Waals surface area contributed by atoms with Gasteiger partial charge < -0.3 is 9.52 Å². The highest BCUT2D eigenvalue weighted by molar-refractivity contribution is 6.12. The second-order valence-electron chi connectivity index (χ2n) is 5.49. The van der Waals surface area contributed by atoms with Crippen molar-refractivity contribution < 1.29 is 13.9 Å². The third kappa shape index (κ3) is 1.82. The molecule has 1 aliphatic heterocycles. The number of para-hydroxylation sites is 1. The number of benzene rings is 2. The standard InChI is InChI=1S/C19H15FO2/c20-16-8-3-6-12-15-11-22-17-9-2-1-5-13(17)18(15)14(19(12)16)7-4-10-21/h1-3,5-6,8-9,11,21H,4,7,10H2. The maximum Gasteiger partial charge on any atom is 0.134 e. The predicted octanol–water partition coefficient (Wildman–Crippen LogP) is 4.75. The Morgan fingerprint density at radius 3 is 2.68 bits per heavy atom. The first-order chi connectivity index (χ1) is 10.8. The minimum absolute atomic E-state index is 0.0950. The van der Waals surface area contributed by atoms with Gasteiger partial charge in [0.25, 0.3) is 0 Å². The first-order valence-electron chi connectivity index (χ1n) is 7.41. The Labute approximate surface area is 127 Å². The van der Waals surface area contributed by atoms with E-state index in [1.54, 1.807) is 12.3 Å². The van der Waals surface area contributed by atoms with E-state index in [-0.39, 0.29) is 12.4 Å². The number of aryl methyl sites for hydroxylation is 1. The molecule has 2 nitrogen and oxygen atoms in total. The molecule has 1 heterocycles. The van der Waals surface area contributed by atoms with Crippen LogP contribution in [0.15, 0.2) is 53.1 Å². The van der Waals surface area contributed by atoms with Crippen LogP contribution in [0.25, 0.3) is 32.9 Å². The lowest BCUT2D eigenvalue weighted by atomic mass is 9.99. The summed E-state index contributed by atoms with van der Waals surface area (Å²) < 4.78 is 20.1. The Kier molecular flexibility index (Phi) is 3.09. The van der Waals surface area contributed by atoms with E-state index in [9.17, 15) is 9.50 Å². The average Bonchev–Trinajstić information content (AvgIpc) is 2.88. The van der Waals surface area contributed by atoms with Gasteiger partial charge in [0.15, 0.2) is 0 Å². The summed E-state index contributed by atoms with van der Waals surface area (Å²) in [5.74, 6) is -0.217. The number of fused-ring (bicyclic) bond motifs is 5. The second-order valence-corrected chi connectivity index (χ2v) is 5.49. The van der Waals surface area contributed by atoms with E-state index in [0.29, 0.717) is 18.2 Å². The zero-order valence-corrected chi connectivity index (χ0v) is 12.0. The molecule has 0 radical (unpaired) electrons. The molecule has 0 atom stereocenters. The van der Waals surface area contributed by atoms with Crippen LogP contribution in [0, 0.1) is 5.82 Å². The average molecular weight is 294 g/mol. The fraction of sp³-hybridized carbons (Fsp3) is 0.158. The summed E-state index contributed by atoms with van der Waals surface area (Å²) in [4.78, 5) is 0. The third-order valence-corrected chi connectivity index (χ3v) is 4.22. The van der Waals surface area contributed by atoms with Crippen molar-refractivity contribution in [2.75, 3.05) is 6.61 Å². The maximum atomic E-state index is 14.4. The van der Waals surface area contributed by atoms with Gasteiger partial charge in [-0.1, -0.05) is 30.3 Å². The van der Waals surface area contributed by atoms with Gasteiger partial charge in [0.1, 0.15) is 11.4 Å². The first-order valence-corrected chi connectivity index (χ1v) is 7.41. The third-order valence-electron chi connectivity index (χ3n) is 4.22. The van der Waals surface area contributed by atoms with E-state index < -0.39 is 0 Å². The molecule has 22 heavy (non-hydrogen) atoms. The monoisotopic (exact) mass is 294 g/mol. The van der Waals surface area contributed by atoms with Crippen LogP contribution in [-0.4, -0.2) is 11.7 Å². The van der Waals surface area contributed by atoms with E-state index in [1.807, 2.05) is 30.3 Å². The van der Waals surface area contributed by atoms with Crippen molar-refractivity contribution >= 4 is 21.7 Å². The van der Waals surface area contributed by atoms with E-state index in [4.69, 9.17) is 4.42 Å². The molecule has 2 aromatic rings. The number of rotatable bonds is 3. The SMILES string of the molecule is OCCCc1c2c3ccccc3occ-2c2cccc(F)c12. The molecule has 1 N–H and O–H groups in total. The Bertz CT molecular complexity index is 939. The quantitative estimate of drug-likeness (QED) is 0.591. The fourth-order valence-corrected chi connectivity index (χ4v) is 3.31. The largest absolute Gasteiger partial charge is 0.464 e. The molecule has 3 heteroatoms. The minimum atomic E-state index is -0.217. The van der Waals surface area contributed by atoms with Crippen LogP contribution in [-0.2, 0) is 6.42 Å². The molecule has 4 rings (SSSR count). The zero-order chi connectivity index (χ0) is 15.1. The van der Waals surface area contributed by atoms with Crippen LogP contribution < -0.4 is 0 Å². The van der Waals surface area contributed by atoms with Crippen LogP contribution in [0.5, 0.6) is 0 Å². The van der Waals surface area contributed by atoms with E-state index in [2.05, 4.69) is 0 Å². The normalized spacial score (nSPS) is 11.7. The smallest absolute Gasteiger partial charge is 0.134 e. The van der Waals surface area contributed by atoms with Crippen LogP contribution in [0.3, 0.4) is 0 Å². The lowest BCUT2D eigenvalue weighted by Crippen LogP contribution is -1.92. The Balaban J connectivity index is 2.19. The topological polar surface area (TPSA) is 33.4 Å². The number of aliphatic hydroxyl groups excluding tert-OH is 1. The Hall–Kier alpha value is -2.39. The molecule has 0 fully saturated rings. The Morgan fingerprint density at radius 2 is 1.82 bits per heavy atom. The molecular weight excluding hydrogens is 279 g/mol.